The summed E-state index contributed by atoms with van der Waals surface area (Å²) in [5, 5.41) is 7.79. The van der Waals surface area contributed by atoms with Gasteiger partial charge in [-0.2, -0.15) is 5.10 Å². The molecule has 0 aliphatic carbocycles. The molecule has 0 aliphatic heterocycles. The van der Waals surface area contributed by atoms with E-state index in [9.17, 15) is 4.79 Å². The van der Waals surface area contributed by atoms with Crippen LogP contribution >= 0.6 is 11.6 Å². The Bertz CT molecular complexity index is 922. The highest BCUT2D eigenvalue weighted by molar-refractivity contribution is 6.31. The third-order valence-electron chi connectivity index (χ3n) is 4.37. The van der Waals surface area contributed by atoms with Gasteiger partial charge in [-0.05, 0) is 24.3 Å². The number of fused-ring (bicyclic) bond motifs is 1. The number of amides is 2. The fraction of sp³-hybridized carbons (Fsp3) is 0.389. The summed E-state index contributed by atoms with van der Waals surface area (Å²) in [5.41, 5.74) is 2.63. The number of nitrogens with zero attached hydrogens (tertiary/aromatic N) is 4. The van der Waals surface area contributed by atoms with E-state index in [0.717, 1.165) is 22.6 Å². The Morgan fingerprint density at radius 1 is 1.44 bits per heavy atom. The zero-order valence-electron chi connectivity index (χ0n) is 15.6. The SMILES string of the molecule is COC[C@H](NC(=O)N(C)CCc1nc2ccc(Cl)cc2[nH]1)c1ccnn1C. The largest absolute Gasteiger partial charge is 0.382 e. The van der Waals surface area contributed by atoms with Crippen LogP contribution in [0.4, 0.5) is 4.79 Å². The summed E-state index contributed by atoms with van der Waals surface area (Å²) < 4.78 is 6.96. The number of likely N-dealkylation sites (N-methyl/N-ethyl adjacent to an activating group) is 1. The molecule has 0 saturated carbocycles. The number of carbonyl (C=O) groups excluding carboxylic acids is 1. The number of H-pyrrole nitrogens is 1. The average molecular weight is 391 g/mol. The number of hydrogen-bond acceptors (Lipinski definition) is 4. The zero-order valence-corrected chi connectivity index (χ0v) is 16.3. The van der Waals surface area contributed by atoms with Crippen molar-refractivity contribution in [2.24, 2.45) is 7.05 Å². The predicted octanol–water partition coefficient (Wildman–Crippen LogP) is 2.52. The van der Waals surface area contributed by atoms with Crippen LogP contribution in [0.3, 0.4) is 0 Å². The maximum Gasteiger partial charge on any atom is 0.317 e. The van der Waals surface area contributed by atoms with E-state index < -0.39 is 0 Å². The summed E-state index contributed by atoms with van der Waals surface area (Å²) in [7, 11) is 5.19. The standard InChI is InChI=1S/C18H23ClN6O2/c1-24(9-7-17-21-13-5-4-12(19)10-14(13)22-17)18(26)23-15(11-27-3)16-6-8-20-25(16)2/h4-6,8,10,15H,7,9,11H2,1-3H3,(H,21,22)(H,23,26)/t15-/m0/s1. The first-order valence-electron chi connectivity index (χ1n) is 8.60. The van der Waals surface area contributed by atoms with Crippen LogP contribution in [0, 0.1) is 0 Å². The van der Waals surface area contributed by atoms with Crippen molar-refractivity contribution >= 4 is 28.7 Å². The van der Waals surface area contributed by atoms with E-state index in [-0.39, 0.29) is 12.1 Å². The smallest absolute Gasteiger partial charge is 0.317 e. The van der Waals surface area contributed by atoms with E-state index >= 15 is 0 Å². The summed E-state index contributed by atoms with van der Waals surface area (Å²) in [4.78, 5) is 21.9. The Labute approximate surface area is 162 Å². The lowest BCUT2D eigenvalue weighted by atomic mass is 10.2. The first-order chi connectivity index (χ1) is 13.0. The van der Waals surface area contributed by atoms with Crippen molar-refractivity contribution in [3.05, 3.63) is 47.0 Å². The van der Waals surface area contributed by atoms with E-state index in [2.05, 4.69) is 20.4 Å². The third-order valence-corrected chi connectivity index (χ3v) is 4.61. The van der Waals surface area contributed by atoms with Gasteiger partial charge in [-0.1, -0.05) is 11.6 Å². The molecule has 144 valence electrons. The first-order valence-corrected chi connectivity index (χ1v) is 8.98. The Kier molecular flexibility index (Phi) is 5.98. The highest BCUT2D eigenvalue weighted by atomic mass is 35.5. The second-order valence-electron chi connectivity index (χ2n) is 6.35. The van der Waals surface area contributed by atoms with Crippen LogP contribution in [-0.2, 0) is 18.2 Å². The van der Waals surface area contributed by atoms with Gasteiger partial charge >= 0.3 is 6.03 Å². The molecule has 0 bridgehead atoms. The minimum absolute atomic E-state index is 0.183. The molecule has 2 aromatic heterocycles. The molecule has 0 saturated heterocycles. The fourth-order valence-electron chi connectivity index (χ4n) is 2.88. The number of urea groups is 1. The molecule has 2 heterocycles. The molecule has 3 rings (SSSR count). The summed E-state index contributed by atoms with van der Waals surface area (Å²) in [6, 6.07) is 6.93. The summed E-state index contributed by atoms with van der Waals surface area (Å²) in [6.45, 7) is 0.883. The number of nitrogens with one attached hydrogen (secondary N) is 2. The molecule has 9 heteroatoms. The highest BCUT2D eigenvalue weighted by Gasteiger charge is 2.20. The lowest BCUT2D eigenvalue weighted by Gasteiger charge is -2.23. The maximum absolute atomic E-state index is 12.6. The van der Waals surface area contributed by atoms with Gasteiger partial charge in [0.15, 0.2) is 0 Å². The van der Waals surface area contributed by atoms with Crippen LogP contribution in [-0.4, -0.2) is 58.0 Å². The van der Waals surface area contributed by atoms with E-state index in [4.69, 9.17) is 16.3 Å². The molecule has 2 N–H and O–H groups in total. The van der Waals surface area contributed by atoms with Crippen LogP contribution in [0.1, 0.15) is 17.6 Å². The van der Waals surface area contributed by atoms with Gasteiger partial charge in [0.05, 0.1) is 29.4 Å². The van der Waals surface area contributed by atoms with Crippen molar-refractivity contribution in [3.8, 4) is 0 Å². The van der Waals surface area contributed by atoms with E-state index in [0.29, 0.717) is 24.6 Å². The molecule has 8 nitrogen and oxygen atoms in total. The number of imidazole rings is 1. The van der Waals surface area contributed by atoms with Gasteiger partial charge in [0.1, 0.15) is 5.82 Å². The number of aromatic amines is 1. The number of hydrogen-bond donors (Lipinski definition) is 2. The Morgan fingerprint density at radius 3 is 2.96 bits per heavy atom. The van der Waals surface area contributed by atoms with Crippen molar-refractivity contribution in [1.29, 1.82) is 0 Å². The highest BCUT2D eigenvalue weighted by Crippen LogP contribution is 2.17. The molecule has 2 amide bonds. The predicted molar refractivity (Wildman–Crippen MR) is 104 cm³/mol. The second kappa shape index (κ2) is 8.41. The van der Waals surface area contributed by atoms with Gasteiger partial charge in [-0.25, -0.2) is 9.78 Å². The Morgan fingerprint density at radius 2 is 2.26 bits per heavy atom. The van der Waals surface area contributed by atoms with Crippen LogP contribution in [0.5, 0.6) is 0 Å². The van der Waals surface area contributed by atoms with Crippen molar-refractivity contribution in [1.82, 2.24) is 30.0 Å². The van der Waals surface area contributed by atoms with Gasteiger partial charge in [0.2, 0.25) is 0 Å². The molecule has 0 unspecified atom stereocenters. The molecule has 0 radical (unpaired) electrons. The Hall–Kier alpha value is -2.58. The molecule has 1 atom stereocenters. The number of ether oxygens (including phenoxy) is 1. The lowest BCUT2D eigenvalue weighted by molar-refractivity contribution is 0.155. The van der Waals surface area contributed by atoms with Crippen molar-refractivity contribution in [3.63, 3.8) is 0 Å². The average Bonchev–Trinajstić information content (AvgIpc) is 3.24. The van der Waals surface area contributed by atoms with Crippen molar-refractivity contribution in [2.75, 3.05) is 27.3 Å². The van der Waals surface area contributed by atoms with Gasteiger partial charge < -0.3 is 19.9 Å². The van der Waals surface area contributed by atoms with Crippen molar-refractivity contribution < 1.29 is 9.53 Å². The monoisotopic (exact) mass is 390 g/mol. The minimum atomic E-state index is -0.272. The molecule has 0 spiro atoms. The molecular formula is C18H23ClN6O2. The van der Waals surface area contributed by atoms with Crippen LogP contribution in [0.15, 0.2) is 30.5 Å². The van der Waals surface area contributed by atoms with Crippen LogP contribution in [0.2, 0.25) is 5.02 Å². The van der Waals surface area contributed by atoms with Gasteiger partial charge in [-0.15, -0.1) is 0 Å². The quantitative estimate of drug-likeness (QED) is 0.648. The zero-order chi connectivity index (χ0) is 19.4. The summed E-state index contributed by atoms with van der Waals surface area (Å²) in [5.74, 6) is 0.812. The molecule has 0 aliphatic rings. The minimum Gasteiger partial charge on any atom is -0.382 e. The van der Waals surface area contributed by atoms with Crippen LogP contribution < -0.4 is 5.32 Å². The van der Waals surface area contributed by atoms with Crippen molar-refractivity contribution in [2.45, 2.75) is 12.5 Å². The van der Waals surface area contributed by atoms with E-state index in [1.54, 1.807) is 29.9 Å². The number of rotatable bonds is 7. The molecule has 27 heavy (non-hydrogen) atoms. The fourth-order valence-corrected chi connectivity index (χ4v) is 3.05. The number of methoxy groups -OCH3 is 1. The molecule has 1 aromatic carbocycles. The normalized spacial score (nSPS) is 12.3. The molecular weight excluding hydrogens is 368 g/mol. The summed E-state index contributed by atoms with van der Waals surface area (Å²) in [6.07, 6.45) is 2.30. The van der Waals surface area contributed by atoms with Gasteiger partial charge in [-0.3, -0.25) is 4.68 Å². The third kappa shape index (κ3) is 4.58. The first kappa shape index (κ1) is 19.2. The van der Waals surface area contributed by atoms with Gasteiger partial charge in [0.25, 0.3) is 0 Å². The summed E-state index contributed by atoms with van der Waals surface area (Å²) >= 11 is 6.00. The maximum atomic E-state index is 12.6. The Balaban J connectivity index is 1.59. The topological polar surface area (TPSA) is 88.1 Å². The second-order valence-corrected chi connectivity index (χ2v) is 6.79. The van der Waals surface area contributed by atoms with Gasteiger partial charge in [0, 0.05) is 45.4 Å². The molecule has 3 aromatic rings. The molecule has 0 fully saturated rings. The van der Waals surface area contributed by atoms with E-state index in [1.165, 1.54) is 0 Å². The number of aromatic nitrogens is 4. The number of benzene rings is 1. The van der Waals surface area contributed by atoms with E-state index in [1.807, 2.05) is 31.3 Å². The number of carbonyl (C=O) groups is 1. The van der Waals surface area contributed by atoms with Crippen LogP contribution in [0.25, 0.3) is 11.0 Å². The number of aryl methyl sites for hydroxylation is 1. The lowest BCUT2D eigenvalue weighted by Crippen LogP contribution is -2.42. The number of halogens is 1.